The molecule has 1 atom stereocenters. The first-order valence-electron chi connectivity index (χ1n) is 7.69. The third kappa shape index (κ3) is 4.68. The molecule has 0 aliphatic rings. The van der Waals surface area contributed by atoms with E-state index in [1.807, 2.05) is 24.3 Å². The van der Waals surface area contributed by atoms with Crippen molar-refractivity contribution in [1.82, 2.24) is 10.3 Å². The molecule has 0 aliphatic heterocycles. The third-order valence-electron chi connectivity index (χ3n) is 3.35. The Morgan fingerprint density at radius 1 is 1.21 bits per heavy atom. The number of benzene rings is 1. The molecule has 128 valence electrons. The van der Waals surface area contributed by atoms with Crippen LogP contribution in [0.3, 0.4) is 0 Å². The Hall–Kier alpha value is -2.63. The summed E-state index contributed by atoms with van der Waals surface area (Å²) in [6.07, 6.45) is 3.05. The highest BCUT2D eigenvalue weighted by molar-refractivity contribution is 5.86. The molecule has 2 aromatic rings. The standard InChI is InChI=1S/C18H22N2O4/c1-18(2,3)24-17(22)20-15(16(21)23-4)9-13-11-19-10-12-7-5-6-8-14(12)13/h5-8,10-11,15H,9H2,1-4H3,(H,20,22). The quantitative estimate of drug-likeness (QED) is 0.872. The number of ether oxygens (including phenoxy) is 2. The number of carbonyl (C=O) groups is 2. The summed E-state index contributed by atoms with van der Waals surface area (Å²) in [7, 11) is 1.29. The second-order valence-electron chi connectivity index (χ2n) is 6.45. The molecule has 0 spiro atoms. The normalized spacial score (nSPS) is 12.5. The van der Waals surface area contributed by atoms with Gasteiger partial charge in [0.15, 0.2) is 0 Å². The molecule has 1 unspecified atom stereocenters. The second kappa shape index (κ2) is 7.29. The van der Waals surface area contributed by atoms with Crippen LogP contribution in [0.2, 0.25) is 0 Å². The Kier molecular flexibility index (Phi) is 5.39. The number of pyridine rings is 1. The number of nitrogens with one attached hydrogen (secondary N) is 1. The van der Waals surface area contributed by atoms with E-state index < -0.39 is 23.7 Å². The lowest BCUT2D eigenvalue weighted by atomic mass is 10.0. The number of hydrogen-bond donors (Lipinski definition) is 1. The van der Waals surface area contributed by atoms with Crippen LogP contribution < -0.4 is 5.32 Å². The molecule has 2 rings (SSSR count). The minimum absolute atomic E-state index is 0.264. The molecule has 6 nitrogen and oxygen atoms in total. The lowest BCUT2D eigenvalue weighted by molar-refractivity contribution is -0.143. The van der Waals surface area contributed by atoms with Crippen molar-refractivity contribution < 1.29 is 19.1 Å². The van der Waals surface area contributed by atoms with E-state index in [4.69, 9.17) is 9.47 Å². The van der Waals surface area contributed by atoms with Crippen LogP contribution >= 0.6 is 0 Å². The van der Waals surface area contributed by atoms with E-state index in [0.717, 1.165) is 16.3 Å². The lowest BCUT2D eigenvalue weighted by Crippen LogP contribution is -2.45. The summed E-state index contributed by atoms with van der Waals surface area (Å²) in [5, 5.41) is 4.52. The Morgan fingerprint density at radius 3 is 2.58 bits per heavy atom. The van der Waals surface area contributed by atoms with Crippen LogP contribution in [0, 0.1) is 0 Å². The fourth-order valence-electron chi connectivity index (χ4n) is 2.35. The average molecular weight is 330 g/mol. The molecule has 24 heavy (non-hydrogen) atoms. The molecule has 1 aromatic heterocycles. The average Bonchev–Trinajstić information content (AvgIpc) is 2.52. The number of hydrogen-bond acceptors (Lipinski definition) is 5. The third-order valence-corrected chi connectivity index (χ3v) is 3.35. The zero-order valence-electron chi connectivity index (χ0n) is 14.3. The molecular weight excluding hydrogens is 308 g/mol. The van der Waals surface area contributed by atoms with E-state index in [-0.39, 0.29) is 6.42 Å². The number of methoxy groups -OCH3 is 1. The molecule has 0 fully saturated rings. The molecule has 1 aromatic carbocycles. The zero-order valence-corrected chi connectivity index (χ0v) is 14.3. The van der Waals surface area contributed by atoms with Crippen molar-refractivity contribution in [2.75, 3.05) is 7.11 Å². The number of nitrogens with zero attached hydrogens (tertiary/aromatic N) is 1. The first-order chi connectivity index (χ1) is 11.3. The van der Waals surface area contributed by atoms with Crippen LogP contribution in [-0.2, 0) is 20.7 Å². The topological polar surface area (TPSA) is 77.5 Å². The summed E-state index contributed by atoms with van der Waals surface area (Å²) in [5.41, 5.74) is 0.200. The van der Waals surface area contributed by atoms with Gasteiger partial charge < -0.3 is 14.8 Å². The van der Waals surface area contributed by atoms with Crippen molar-refractivity contribution in [2.24, 2.45) is 0 Å². The van der Waals surface area contributed by atoms with Crippen LogP contribution in [0.5, 0.6) is 0 Å². The Labute approximate surface area is 141 Å². The van der Waals surface area contributed by atoms with Gasteiger partial charge in [0.25, 0.3) is 0 Å². The fraction of sp³-hybridized carbons (Fsp3) is 0.389. The zero-order chi connectivity index (χ0) is 17.7. The van der Waals surface area contributed by atoms with Crippen LogP contribution in [0.25, 0.3) is 10.8 Å². The van der Waals surface area contributed by atoms with Gasteiger partial charge >= 0.3 is 12.1 Å². The van der Waals surface area contributed by atoms with Gasteiger partial charge in [-0.1, -0.05) is 24.3 Å². The minimum Gasteiger partial charge on any atom is -0.467 e. The molecule has 1 N–H and O–H groups in total. The molecule has 0 aliphatic carbocycles. The number of esters is 1. The highest BCUT2D eigenvalue weighted by Gasteiger charge is 2.25. The molecule has 6 heteroatoms. The Balaban J connectivity index is 2.22. The number of carbonyl (C=O) groups excluding carboxylic acids is 2. The van der Waals surface area contributed by atoms with Crippen molar-refractivity contribution in [3.63, 3.8) is 0 Å². The van der Waals surface area contributed by atoms with Gasteiger partial charge in [-0.05, 0) is 31.7 Å². The smallest absolute Gasteiger partial charge is 0.408 e. The van der Waals surface area contributed by atoms with Crippen LogP contribution in [0.1, 0.15) is 26.3 Å². The molecule has 1 heterocycles. The monoisotopic (exact) mass is 330 g/mol. The summed E-state index contributed by atoms with van der Waals surface area (Å²) in [6, 6.07) is 6.89. The van der Waals surface area contributed by atoms with Gasteiger partial charge in [-0.25, -0.2) is 9.59 Å². The first kappa shape index (κ1) is 17.7. The van der Waals surface area contributed by atoms with Gasteiger partial charge in [-0.15, -0.1) is 0 Å². The molecule has 0 bridgehead atoms. The van der Waals surface area contributed by atoms with E-state index in [1.54, 1.807) is 33.2 Å². The van der Waals surface area contributed by atoms with Gasteiger partial charge in [0.2, 0.25) is 0 Å². The SMILES string of the molecule is COC(=O)C(Cc1cncc2ccccc12)NC(=O)OC(C)(C)C. The van der Waals surface area contributed by atoms with Crippen molar-refractivity contribution >= 4 is 22.8 Å². The van der Waals surface area contributed by atoms with Crippen molar-refractivity contribution in [3.05, 3.63) is 42.2 Å². The molecule has 0 radical (unpaired) electrons. The highest BCUT2D eigenvalue weighted by atomic mass is 16.6. The summed E-state index contributed by atoms with van der Waals surface area (Å²) in [5.74, 6) is -0.534. The van der Waals surface area contributed by atoms with E-state index in [2.05, 4.69) is 10.3 Å². The Morgan fingerprint density at radius 2 is 1.92 bits per heavy atom. The number of alkyl carbamates (subject to hydrolysis) is 1. The largest absolute Gasteiger partial charge is 0.467 e. The van der Waals surface area contributed by atoms with Gasteiger partial charge in [-0.3, -0.25) is 4.98 Å². The maximum absolute atomic E-state index is 12.0. The van der Waals surface area contributed by atoms with Crippen molar-refractivity contribution in [3.8, 4) is 0 Å². The van der Waals surface area contributed by atoms with E-state index >= 15 is 0 Å². The van der Waals surface area contributed by atoms with Crippen molar-refractivity contribution in [1.29, 1.82) is 0 Å². The second-order valence-corrected chi connectivity index (χ2v) is 6.45. The van der Waals surface area contributed by atoms with E-state index in [1.165, 1.54) is 7.11 Å². The minimum atomic E-state index is -0.850. The van der Waals surface area contributed by atoms with Gasteiger partial charge in [0.05, 0.1) is 7.11 Å². The Bertz CT molecular complexity index is 732. The predicted octanol–water partition coefficient (Wildman–Crippen LogP) is 2.84. The number of aromatic nitrogens is 1. The summed E-state index contributed by atoms with van der Waals surface area (Å²) in [6.45, 7) is 5.27. The first-order valence-corrected chi connectivity index (χ1v) is 7.69. The summed E-state index contributed by atoms with van der Waals surface area (Å²) >= 11 is 0. The molecular formula is C18H22N2O4. The molecule has 1 amide bonds. The van der Waals surface area contributed by atoms with Gasteiger partial charge in [-0.2, -0.15) is 0 Å². The van der Waals surface area contributed by atoms with Gasteiger partial charge in [0, 0.05) is 24.2 Å². The summed E-state index contributed by atoms with van der Waals surface area (Å²) in [4.78, 5) is 28.2. The number of rotatable bonds is 4. The maximum Gasteiger partial charge on any atom is 0.408 e. The van der Waals surface area contributed by atoms with Crippen LogP contribution in [0.15, 0.2) is 36.7 Å². The van der Waals surface area contributed by atoms with Crippen LogP contribution in [-0.4, -0.2) is 35.8 Å². The number of amides is 1. The molecule has 0 saturated carbocycles. The van der Waals surface area contributed by atoms with Crippen LogP contribution in [0.4, 0.5) is 4.79 Å². The number of fused-ring (bicyclic) bond motifs is 1. The van der Waals surface area contributed by atoms with Crippen molar-refractivity contribution in [2.45, 2.75) is 38.8 Å². The highest BCUT2D eigenvalue weighted by Crippen LogP contribution is 2.19. The maximum atomic E-state index is 12.0. The lowest BCUT2D eigenvalue weighted by Gasteiger charge is -2.22. The molecule has 0 saturated heterocycles. The van der Waals surface area contributed by atoms with Gasteiger partial charge in [0.1, 0.15) is 11.6 Å². The predicted molar refractivity (Wildman–Crippen MR) is 90.6 cm³/mol. The summed E-state index contributed by atoms with van der Waals surface area (Å²) < 4.78 is 10.0. The van der Waals surface area contributed by atoms with E-state index in [0.29, 0.717) is 0 Å². The fourth-order valence-corrected chi connectivity index (χ4v) is 2.35. The van der Waals surface area contributed by atoms with E-state index in [9.17, 15) is 9.59 Å².